The highest BCUT2D eigenvalue weighted by atomic mass is 16.6. The summed E-state index contributed by atoms with van der Waals surface area (Å²) < 4.78 is 16.8. The number of allylic oxidation sites excluding steroid dienone is 2. The number of esters is 3. The molecule has 0 saturated heterocycles. The Morgan fingerprint density at radius 3 is 0.667 bits per heavy atom. The van der Waals surface area contributed by atoms with E-state index in [1.54, 1.807) is 0 Å². The molecule has 0 aromatic heterocycles. The second kappa shape index (κ2) is 64.7. The van der Waals surface area contributed by atoms with Gasteiger partial charge in [-0.25, -0.2) is 0 Å². The molecular weight excluding hydrogens is 925 g/mol. The molecule has 0 spiro atoms. The number of carbonyl (C=O) groups excluding carboxylic acids is 3. The molecule has 0 aliphatic rings. The Hall–Kier alpha value is -1.85. The summed E-state index contributed by atoms with van der Waals surface area (Å²) in [4.78, 5) is 38.0. The van der Waals surface area contributed by atoms with Crippen LogP contribution in [0.25, 0.3) is 0 Å². The Labute approximate surface area is 469 Å². The van der Waals surface area contributed by atoms with E-state index in [9.17, 15) is 14.4 Å². The Morgan fingerprint density at radius 1 is 0.253 bits per heavy atom. The second-order valence-corrected chi connectivity index (χ2v) is 23.5. The Bertz CT molecular complexity index is 1170. The van der Waals surface area contributed by atoms with Crippen molar-refractivity contribution in [1.82, 2.24) is 0 Å². The zero-order valence-electron chi connectivity index (χ0n) is 51.1. The first kappa shape index (κ1) is 73.2. The van der Waals surface area contributed by atoms with E-state index < -0.39 is 6.10 Å². The van der Waals surface area contributed by atoms with Crippen LogP contribution in [0.3, 0.4) is 0 Å². The summed E-state index contributed by atoms with van der Waals surface area (Å²) in [5, 5.41) is 0. The highest BCUT2D eigenvalue weighted by molar-refractivity contribution is 5.71. The van der Waals surface area contributed by atoms with Gasteiger partial charge < -0.3 is 14.2 Å². The van der Waals surface area contributed by atoms with Gasteiger partial charge in [-0.1, -0.05) is 341 Å². The maximum absolute atomic E-state index is 12.8. The minimum Gasteiger partial charge on any atom is -0.462 e. The summed E-state index contributed by atoms with van der Waals surface area (Å²) in [5.41, 5.74) is 0. The van der Waals surface area contributed by atoms with Crippen molar-refractivity contribution >= 4 is 17.9 Å². The zero-order valence-corrected chi connectivity index (χ0v) is 51.1. The van der Waals surface area contributed by atoms with E-state index in [0.29, 0.717) is 19.3 Å². The maximum Gasteiger partial charge on any atom is 0.306 e. The first-order chi connectivity index (χ1) is 37.0. The summed E-state index contributed by atoms with van der Waals surface area (Å²) >= 11 is 0. The van der Waals surface area contributed by atoms with Gasteiger partial charge in [0.15, 0.2) is 6.10 Å². The molecule has 1 unspecified atom stereocenters. The topological polar surface area (TPSA) is 78.9 Å². The predicted molar refractivity (Wildman–Crippen MR) is 326 cm³/mol. The monoisotopic (exact) mass is 1060 g/mol. The van der Waals surface area contributed by atoms with Gasteiger partial charge in [-0.3, -0.25) is 14.4 Å². The molecule has 0 aliphatic carbocycles. The molecule has 1 atom stereocenters. The molecule has 0 aliphatic heterocycles. The average Bonchev–Trinajstić information content (AvgIpc) is 3.41. The quantitative estimate of drug-likeness (QED) is 0.0261. The van der Waals surface area contributed by atoms with Crippen molar-refractivity contribution in [3.05, 3.63) is 12.2 Å². The van der Waals surface area contributed by atoms with Gasteiger partial charge in [0, 0.05) is 19.3 Å². The van der Waals surface area contributed by atoms with E-state index in [2.05, 4.69) is 32.9 Å². The van der Waals surface area contributed by atoms with Crippen molar-refractivity contribution in [3.63, 3.8) is 0 Å². The van der Waals surface area contributed by atoms with Crippen molar-refractivity contribution in [2.75, 3.05) is 13.2 Å². The van der Waals surface area contributed by atoms with Crippen LogP contribution < -0.4 is 0 Å². The smallest absolute Gasteiger partial charge is 0.306 e. The van der Waals surface area contributed by atoms with Gasteiger partial charge in [0.2, 0.25) is 0 Å². The molecule has 0 aromatic rings. The molecule has 6 nitrogen and oxygen atoms in total. The number of carbonyl (C=O) groups is 3. The number of rotatable bonds is 64. The Balaban J connectivity index is 3.86. The molecule has 0 N–H and O–H groups in total. The van der Waals surface area contributed by atoms with Crippen LogP contribution in [0.1, 0.15) is 393 Å². The van der Waals surface area contributed by atoms with E-state index in [-0.39, 0.29) is 31.1 Å². The minimum absolute atomic E-state index is 0.0684. The number of unbranched alkanes of at least 4 members (excludes halogenated alkanes) is 51. The van der Waals surface area contributed by atoms with Crippen LogP contribution in [-0.4, -0.2) is 37.2 Å². The fourth-order valence-corrected chi connectivity index (χ4v) is 10.6. The maximum atomic E-state index is 12.8. The van der Waals surface area contributed by atoms with Crippen molar-refractivity contribution in [3.8, 4) is 0 Å². The molecule has 75 heavy (non-hydrogen) atoms. The van der Waals surface area contributed by atoms with Crippen molar-refractivity contribution in [1.29, 1.82) is 0 Å². The van der Waals surface area contributed by atoms with Crippen molar-refractivity contribution in [2.24, 2.45) is 0 Å². The van der Waals surface area contributed by atoms with Crippen LogP contribution in [-0.2, 0) is 28.6 Å². The third-order valence-electron chi connectivity index (χ3n) is 15.8. The van der Waals surface area contributed by atoms with E-state index in [0.717, 1.165) is 64.2 Å². The van der Waals surface area contributed by atoms with Gasteiger partial charge in [-0.15, -0.1) is 0 Å². The van der Waals surface area contributed by atoms with Crippen LogP contribution >= 0.6 is 0 Å². The second-order valence-electron chi connectivity index (χ2n) is 23.5. The third kappa shape index (κ3) is 62.9. The summed E-state index contributed by atoms with van der Waals surface area (Å²) in [6.45, 7) is 6.64. The molecule has 0 radical (unpaired) electrons. The van der Waals surface area contributed by atoms with Crippen molar-refractivity contribution in [2.45, 2.75) is 399 Å². The largest absolute Gasteiger partial charge is 0.462 e. The van der Waals surface area contributed by atoms with Gasteiger partial charge in [0.25, 0.3) is 0 Å². The van der Waals surface area contributed by atoms with Gasteiger partial charge >= 0.3 is 17.9 Å². The van der Waals surface area contributed by atoms with Gasteiger partial charge in [0.1, 0.15) is 13.2 Å². The van der Waals surface area contributed by atoms with Gasteiger partial charge in [-0.2, -0.15) is 0 Å². The van der Waals surface area contributed by atoms with Crippen LogP contribution in [0.2, 0.25) is 0 Å². The molecule has 0 fully saturated rings. The van der Waals surface area contributed by atoms with Gasteiger partial charge in [0.05, 0.1) is 0 Å². The van der Waals surface area contributed by atoms with Crippen molar-refractivity contribution < 1.29 is 28.6 Å². The predicted octanol–water partition coefficient (Wildman–Crippen LogP) is 23.2. The van der Waals surface area contributed by atoms with Crippen LogP contribution in [0.5, 0.6) is 0 Å². The Morgan fingerprint density at radius 2 is 0.440 bits per heavy atom. The summed E-state index contributed by atoms with van der Waals surface area (Å²) in [5.74, 6) is -0.863. The Kier molecular flexibility index (Phi) is 63.1. The molecule has 6 heteroatoms. The molecular formula is C69H132O6. The average molecular weight is 1060 g/mol. The lowest BCUT2D eigenvalue weighted by Crippen LogP contribution is -2.30. The van der Waals surface area contributed by atoms with E-state index in [4.69, 9.17) is 14.2 Å². The normalized spacial score (nSPS) is 12.0. The van der Waals surface area contributed by atoms with Crippen LogP contribution in [0.4, 0.5) is 0 Å². The van der Waals surface area contributed by atoms with E-state index in [1.165, 1.54) is 289 Å². The number of hydrogen-bond acceptors (Lipinski definition) is 6. The number of hydrogen-bond donors (Lipinski definition) is 0. The van der Waals surface area contributed by atoms with Crippen LogP contribution in [0, 0.1) is 0 Å². The SMILES string of the molecule is CCCCCCCCC/C=C\CCCCCCCC(=O)OC(COC(=O)CCCCCCCC)COC(=O)CCCCCCCCCCCCCCCCCCCCCCCCCCCCCCCCCCCCC. The highest BCUT2D eigenvalue weighted by Crippen LogP contribution is 2.19. The molecule has 0 rings (SSSR count). The highest BCUT2D eigenvalue weighted by Gasteiger charge is 2.19. The third-order valence-corrected chi connectivity index (χ3v) is 15.8. The molecule has 0 saturated carbocycles. The lowest BCUT2D eigenvalue weighted by atomic mass is 10.0. The van der Waals surface area contributed by atoms with Crippen LogP contribution in [0.15, 0.2) is 12.2 Å². The molecule has 0 amide bonds. The van der Waals surface area contributed by atoms with E-state index in [1.807, 2.05) is 0 Å². The lowest BCUT2D eigenvalue weighted by molar-refractivity contribution is -0.167. The molecule has 0 bridgehead atoms. The van der Waals surface area contributed by atoms with E-state index >= 15 is 0 Å². The molecule has 0 aromatic carbocycles. The number of ether oxygens (including phenoxy) is 3. The summed E-state index contributed by atoms with van der Waals surface area (Å²) in [6, 6.07) is 0. The molecule has 0 heterocycles. The van der Waals surface area contributed by atoms with Gasteiger partial charge in [-0.05, 0) is 44.9 Å². The summed E-state index contributed by atoms with van der Waals surface area (Å²) in [6.07, 6.45) is 77.3. The standard InChI is InChI=1S/C69H132O6/c1-4-7-10-13-16-18-20-22-24-26-27-28-29-30-31-32-33-34-35-36-37-38-39-40-41-42-43-44-46-47-49-51-53-56-59-62-68(71)74-65-66(64-73-67(70)61-58-55-15-12-9-6-3)75-69(72)63-60-57-54-52-50-48-45-25-23-21-19-17-14-11-8-5-2/h25,45,66H,4-24,26-44,46-65H2,1-3H3/b45-25-. The zero-order chi connectivity index (χ0) is 54.3. The first-order valence-corrected chi connectivity index (χ1v) is 34.2. The lowest BCUT2D eigenvalue weighted by Gasteiger charge is -2.18. The molecule has 444 valence electrons. The first-order valence-electron chi connectivity index (χ1n) is 34.2. The summed E-state index contributed by atoms with van der Waals surface area (Å²) in [7, 11) is 0. The fraction of sp³-hybridized carbons (Fsp3) is 0.928. The minimum atomic E-state index is -0.768. The fourth-order valence-electron chi connectivity index (χ4n) is 10.6.